The SMILES string of the molecule is CC/C=C\C/C=C\C/C=C\C/C=C\CCCCCCCCCCCCCCCCCCC(=O)OCC(COC(=O)CCCCCCC/C=C\CCCCCCC)OC(=O)CCCCCCC/C=C\CCCCCCCCC. The maximum atomic E-state index is 12.9. The van der Waals surface area contributed by atoms with Gasteiger partial charge < -0.3 is 14.2 Å². The van der Waals surface area contributed by atoms with Crippen molar-refractivity contribution in [2.45, 2.75) is 348 Å². The molecule has 1 unspecified atom stereocenters. The van der Waals surface area contributed by atoms with E-state index in [-0.39, 0.29) is 31.1 Å². The van der Waals surface area contributed by atoms with Crippen LogP contribution in [0.2, 0.25) is 0 Å². The van der Waals surface area contributed by atoms with Crippen LogP contribution in [0, 0.1) is 0 Å². The third-order valence-electron chi connectivity index (χ3n) is 14.7. The molecule has 1 atom stereocenters. The Morgan fingerprint density at radius 1 is 0.273 bits per heavy atom. The van der Waals surface area contributed by atoms with Crippen molar-refractivity contribution in [3.8, 4) is 0 Å². The fourth-order valence-corrected chi connectivity index (χ4v) is 9.66. The summed E-state index contributed by atoms with van der Waals surface area (Å²) in [7, 11) is 0. The lowest BCUT2D eigenvalue weighted by molar-refractivity contribution is -0.167. The first-order valence-corrected chi connectivity index (χ1v) is 33.4. The Labute approximate surface area is 478 Å². The van der Waals surface area contributed by atoms with E-state index in [1.54, 1.807) is 0 Å². The van der Waals surface area contributed by atoms with Gasteiger partial charge in [0, 0.05) is 19.3 Å². The number of hydrogen-bond donors (Lipinski definition) is 0. The van der Waals surface area contributed by atoms with Crippen molar-refractivity contribution in [1.29, 1.82) is 0 Å². The van der Waals surface area contributed by atoms with Gasteiger partial charge in [0.15, 0.2) is 6.10 Å². The van der Waals surface area contributed by atoms with Gasteiger partial charge in [-0.3, -0.25) is 14.4 Å². The van der Waals surface area contributed by atoms with Crippen LogP contribution < -0.4 is 0 Å². The molecule has 0 aliphatic heterocycles. The van der Waals surface area contributed by atoms with Gasteiger partial charge in [-0.05, 0) is 109 Å². The van der Waals surface area contributed by atoms with Crippen molar-refractivity contribution in [2.75, 3.05) is 13.2 Å². The molecule has 0 amide bonds. The maximum absolute atomic E-state index is 12.9. The first kappa shape index (κ1) is 73.8. The summed E-state index contributed by atoms with van der Waals surface area (Å²) in [6, 6.07) is 0. The molecule has 0 rings (SSSR count). The Bertz CT molecular complexity index is 1420. The minimum absolute atomic E-state index is 0.0780. The molecule has 0 aromatic rings. The molecule has 6 nitrogen and oxygen atoms in total. The minimum Gasteiger partial charge on any atom is -0.462 e. The van der Waals surface area contributed by atoms with Gasteiger partial charge in [-0.25, -0.2) is 0 Å². The summed E-state index contributed by atoms with van der Waals surface area (Å²) in [5.74, 6) is -0.878. The van der Waals surface area contributed by atoms with Crippen LogP contribution in [0.3, 0.4) is 0 Å². The number of unbranched alkanes of at least 4 members (excludes halogenated alkanes) is 38. The zero-order valence-corrected chi connectivity index (χ0v) is 51.2. The van der Waals surface area contributed by atoms with Gasteiger partial charge >= 0.3 is 17.9 Å². The fourth-order valence-electron chi connectivity index (χ4n) is 9.66. The van der Waals surface area contributed by atoms with Crippen LogP contribution in [0.15, 0.2) is 72.9 Å². The normalized spacial score (nSPS) is 12.5. The minimum atomic E-state index is -0.782. The molecule has 0 aromatic carbocycles. The molecule has 0 saturated heterocycles. The Morgan fingerprint density at radius 2 is 0.506 bits per heavy atom. The second-order valence-electron chi connectivity index (χ2n) is 22.3. The number of carbonyl (C=O) groups excluding carboxylic acids is 3. The van der Waals surface area contributed by atoms with E-state index in [0.717, 1.165) is 96.3 Å². The molecule has 0 fully saturated rings. The molecule has 0 heterocycles. The fraction of sp³-hybridized carbons (Fsp3) is 0.789. The van der Waals surface area contributed by atoms with Gasteiger partial charge in [0.1, 0.15) is 13.2 Å². The van der Waals surface area contributed by atoms with E-state index in [1.807, 2.05) is 0 Å². The van der Waals surface area contributed by atoms with Gasteiger partial charge in [0.2, 0.25) is 0 Å². The average molecular weight is 1080 g/mol. The smallest absolute Gasteiger partial charge is 0.306 e. The van der Waals surface area contributed by atoms with E-state index in [0.29, 0.717) is 19.3 Å². The van der Waals surface area contributed by atoms with Crippen LogP contribution in [0.1, 0.15) is 342 Å². The molecule has 0 saturated carbocycles. The van der Waals surface area contributed by atoms with Crippen LogP contribution in [0.5, 0.6) is 0 Å². The highest BCUT2D eigenvalue weighted by Crippen LogP contribution is 2.17. The van der Waals surface area contributed by atoms with E-state index in [2.05, 4.69) is 93.7 Å². The molecule has 6 heteroatoms. The summed E-state index contributed by atoms with van der Waals surface area (Å²) in [5.41, 5.74) is 0. The number of ether oxygens (including phenoxy) is 3. The molecular formula is C71H126O6. The lowest BCUT2D eigenvalue weighted by atomic mass is 10.0. The molecule has 0 N–H and O–H groups in total. The van der Waals surface area contributed by atoms with Crippen molar-refractivity contribution in [2.24, 2.45) is 0 Å². The van der Waals surface area contributed by atoms with Crippen LogP contribution in [0.4, 0.5) is 0 Å². The summed E-state index contributed by atoms with van der Waals surface area (Å²) in [4.78, 5) is 38.3. The quantitative estimate of drug-likeness (QED) is 0.0261. The van der Waals surface area contributed by atoms with Gasteiger partial charge in [-0.2, -0.15) is 0 Å². The van der Waals surface area contributed by atoms with Crippen molar-refractivity contribution >= 4 is 17.9 Å². The van der Waals surface area contributed by atoms with Crippen molar-refractivity contribution in [3.63, 3.8) is 0 Å². The number of esters is 3. The predicted octanol–water partition coefficient (Wildman–Crippen LogP) is 22.9. The standard InChI is InChI=1S/C71H126O6/c1-4-7-10-13-16-19-22-25-28-30-31-32-33-34-35-36-37-38-39-40-41-42-44-46-49-52-55-58-61-64-70(73)76-67-68(66-75-69(72)63-60-57-54-51-48-45-27-24-21-18-15-12-9-6-3)77-71(74)65-62-59-56-53-50-47-43-29-26-23-20-17-14-11-8-5-2/h7,10,16,19,24-25,27-29,31-32,43,68H,4-6,8-9,11-15,17-18,20-23,26,30,33-42,44-67H2,1-3H3/b10-7-,19-16-,27-24-,28-25-,32-31-,43-29-. The first-order valence-electron chi connectivity index (χ1n) is 33.4. The maximum Gasteiger partial charge on any atom is 0.306 e. The van der Waals surface area contributed by atoms with Gasteiger partial charge in [-0.15, -0.1) is 0 Å². The predicted molar refractivity (Wildman–Crippen MR) is 335 cm³/mol. The molecule has 0 spiro atoms. The van der Waals surface area contributed by atoms with Crippen LogP contribution in [0.25, 0.3) is 0 Å². The zero-order valence-electron chi connectivity index (χ0n) is 51.2. The van der Waals surface area contributed by atoms with E-state index < -0.39 is 6.10 Å². The zero-order chi connectivity index (χ0) is 55.7. The highest BCUT2D eigenvalue weighted by Gasteiger charge is 2.19. The molecule has 446 valence electrons. The summed E-state index contributed by atoms with van der Waals surface area (Å²) in [5, 5.41) is 0. The lowest BCUT2D eigenvalue weighted by Crippen LogP contribution is -2.30. The van der Waals surface area contributed by atoms with E-state index in [4.69, 9.17) is 14.2 Å². The van der Waals surface area contributed by atoms with E-state index in [1.165, 1.54) is 205 Å². The summed E-state index contributed by atoms with van der Waals surface area (Å²) in [6.45, 7) is 6.54. The van der Waals surface area contributed by atoms with Crippen molar-refractivity contribution in [1.82, 2.24) is 0 Å². The second-order valence-corrected chi connectivity index (χ2v) is 22.3. The Morgan fingerprint density at radius 3 is 0.805 bits per heavy atom. The number of rotatable bonds is 61. The highest BCUT2D eigenvalue weighted by atomic mass is 16.6. The first-order chi connectivity index (χ1) is 38.0. The van der Waals surface area contributed by atoms with Gasteiger partial charge in [-0.1, -0.05) is 286 Å². The molecule has 0 aliphatic rings. The molecule has 0 radical (unpaired) electrons. The number of hydrogen-bond acceptors (Lipinski definition) is 6. The average Bonchev–Trinajstić information content (AvgIpc) is 3.43. The molecule has 0 aromatic heterocycles. The molecule has 0 bridgehead atoms. The van der Waals surface area contributed by atoms with Crippen LogP contribution in [-0.2, 0) is 28.6 Å². The number of carbonyl (C=O) groups is 3. The van der Waals surface area contributed by atoms with Gasteiger partial charge in [0.25, 0.3) is 0 Å². The van der Waals surface area contributed by atoms with Crippen LogP contribution >= 0.6 is 0 Å². The third kappa shape index (κ3) is 63.6. The van der Waals surface area contributed by atoms with Crippen molar-refractivity contribution in [3.05, 3.63) is 72.9 Å². The lowest BCUT2D eigenvalue weighted by Gasteiger charge is -2.18. The van der Waals surface area contributed by atoms with Crippen LogP contribution in [-0.4, -0.2) is 37.2 Å². The highest BCUT2D eigenvalue weighted by molar-refractivity contribution is 5.71. The Kier molecular flexibility index (Phi) is 62.7. The largest absolute Gasteiger partial charge is 0.462 e. The summed E-state index contributed by atoms with van der Waals surface area (Å²) in [6.07, 6.45) is 84.9. The van der Waals surface area contributed by atoms with Crippen molar-refractivity contribution < 1.29 is 28.6 Å². The summed E-state index contributed by atoms with van der Waals surface area (Å²) < 4.78 is 16.9. The van der Waals surface area contributed by atoms with E-state index >= 15 is 0 Å². The second kappa shape index (κ2) is 65.4. The molecule has 0 aliphatic carbocycles. The topological polar surface area (TPSA) is 78.9 Å². The van der Waals surface area contributed by atoms with E-state index in [9.17, 15) is 14.4 Å². The third-order valence-corrected chi connectivity index (χ3v) is 14.7. The molecular weight excluding hydrogens is 949 g/mol. The number of allylic oxidation sites excluding steroid dienone is 12. The molecule has 77 heavy (non-hydrogen) atoms. The summed E-state index contributed by atoms with van der Waals surface area (Å²) >= 11 is 0. The van der Waals surface area contributed by atoms with Gasteiger partial charge in [0.05, 0.1) is 0 Å². The Balaban J connectivity index is 4.23. The Hall–Kier alpha value is -3.15. The monoisotopic (exact) mass is 1070 g/mol.